The number of methoxy groups -OCH3 is 2. The normalized spacial score (nSPS) is 17.0. The Balaban J connectivity index is -0.000000814. The number of hydrogen-bond acceptors (Lipinski definition) is 32. The number of carbonyl (C=O) groups is 16. The number of alkyl halides is 38. The van der Waals surface area contributed by atoms with Crippen molar-refractivity contribution in [3.05, 3.63) is 74.4 Å². The van der Waals surface area contributed by atoms with Gasteiger partial charge < -0.3 is 75.8 Å². The van der Waals surface area contributed by atoms with Crippen molar-refractivity contribution in [3.63, 3.8) is 0 Å². The van der Waals surface area contributed by atoms with E-state index in [9.17, 15) is 244 Å². The Morgan fingerprint density at radius 1 is 0.224 bits per heavy atom. The minimum absolute atomic E-state index is 0.0365. The second-order valence-corrected chi connectivity index (χ2v) is 26.5. The minimum Gasteiger partial charge on any atom is -0.465 e. The number of halogens is 38. The minimum atomic E-state index is -7.43. The monoisotopic (exact) mass is 2180 g/mol. The highest BCUT2D eigenvalue weighted by atomic mass is 19.4. The van der Waals surface area contributed by atoms with Crippen LogP contribution in [-0.2, 0) is 153 Å². The fourth-order valence-corrected chi connectivity index (χ4v) is 8.22. The number of esters is 16. The fourth-order valence-electron chi connectivity index (χ4n) is 8.22. The number of ether oxygens (including phenoxy) is 16. The molecule has 143 heavy (non-hydrogen) atoms. The molecule has 0 bridgehead atoms. The second kappa shape index (κ2) is 52.5. The molecule has 0 aromatic heterocycles. The smallest absolute Gasteiger partial charge is 0.384 e. The lowest BCUT2D eigenvalue weighted by Gasteiger charge is -2.50. The van der Waals surface area contributed by atoms with E-state index in [2.05, 4.69) is 115 Å². The number of carbonyl (C=O) groups excluding carboxylic acids is 16. The van der Waals surface area contributed by atoms with Crippen LogP contribution in [0, 0.1) is 0 Å². The third-order valence-electron chi connectivity index (χ3n) is 15.4. The molecule has 2 fully saturated rings. The molecular weight excluding hydrogens is 2110 g/mol. The van der Waals surface area contributed by atoms with E-state index in [1.807, 2.05) is 0 Å². The molecule has 0 atom stereocenters. The molecule has 70 heteroatoms. The van der Waals surface area contributed by atoms with Crippen LogP contribution in [0.3, 0.4) is 0 Å². The zero-order valence-corrected chi connectivity index (χ0v) is 72.6. The van der Waals surface area contributed by atoms with Crippen LogP contribution >= 0.6 is 0 Å². The van der Waals surface area contributed by atoms with Gasteiger partial charge in [0.2, 0.25) is 0 Å². The van der Waals surface area contributed by atoms with Gasteiger partial charge >= 0.3 is 213 Å². The van der Waals surface area contributed by atoms with E-state index < -0.39 is 332 Å². The van der Waals surface area contributed by atoms with Gasteiger partial charge in [0.25, 0.3) is 0 Å². The van der Waals surface area contributed by atoms with Gasteiger partial charge in [-0.15, -0.1) is 0 Å². The van der Waals surface area contributed by atoms with E-state index >= 15 is 0 Å². The van der Waals surface area contributed by atoms with Crippen molar-refractivity contribution in [1.82, 2.24) is 0 Å². The third-order valence-corrected chi connectivity index (χ3v) is 15.4. The SMILES string of the molecule is C=C(C)C(=O)OCCOC(=O)C(F)(F)CC(F)(F)C(=O)OC.C=C(C)C(=O)OCCOC(=O)C(F)(F)CC(F)(F)C(=O)OCC.C=C(C)C(=O)OCCOC(=O)C1(F)C(F)(F)C(F)(F)C(F)(F)C(F)(F)C1(F)F.C=CC(=O)OCCOC(=O)C(F)(F)CC(F)(F)C(=O)OC.C=CC(=O)OCCOC(=O)C(F)(F)CC(F)(F)C(=O)OCC.C=CC(=O)OCCOC(=O)C1(F)C(F)(F)C(F)(F)C(F)(F)C(F)(F)C1(F)F. The van der Waals surface area contributed by atoms with Crippen LogP contribution in [0.1, 0.15) is 60.3 Å². The fraction of sp³-hybridized carbons (Fsp3) is 0.616. The molecular formula is C73H72F38O32. The highest BCUT2D eigenvalue weighted by molar-refractivity contribution is 5.90. The Bertz CT molecular complexity index is 4490. The summed E-state index contributed by atoms with van der Waals surface area (Å²) in [6.07, 6.45) is -7.48. The summed E-state index contributed by atoms with van der Waals surface area (Å²) in [5, 5.41) is 0. The van der Waals surface area contributed by atoms with Crippen molar-refractivity contribution >= 4 is 95.5 Å². The molecule has 0 unspecified atom stereocenters. The topological polar surface area (TPSA) is 421 Å². The lowest BCUT2D eigenvalue weighted by molar-refractivity contribution is -0.478. The van der Waals surface area contributed by atoms with Crippen LogP contribution in [0.4, 0.5) is 167 Å². The van der Waals surface area contributed by atoms with Crippen LogP contribution in [0.15, 0.2) is 74.4 Å². The number of hydrogen-bond donors (Lipinski definition) is 0. The highest BCUT2D eigenvalue weighted by Gasteiger charge is 3.05. The molecule has 0 amide bonds. The van der Waals surface area contributed by atoms with Gasteiger partial charge in [0.15, 0.2) is 0 Å². The average Bonchev–Trinajstić information content (AvgIpc) is 0.662. The molecule has 32 nitrogen and oxygen atoms in total. The summed E-state index contributed by atoms with van der Waals surface area (Å²) in [5.74, 6) is -141. The Labute approximate surface area is 773 Å². The summed E-state index contributed by atoms with van der Waals surface area (Å²) < 4.78 is 568. The van der Waals surface area contributed by atoms with E-state index in [-0.39, 0.29) is 16.7 Å². The van der Waals surface area contributed by atoms with Gasteiger partial charge in [-0.3, -0.25) is 0 Å². The zero-order valence-electron chi connectivity index (χ0n) is 72.6. The molecule has 0 spiro atoms. The molecule has 822 valence electrons. The molecule has 2 aliphatic carbocycles. The maximum atomic E-state index is 14.2. The van der Waals surface area contributed by atoms with E-state index in [0.717, 1.165) is 19.1 Å². The van der Waals surface area contributed by atoms with E-state index in [1.54, 1.807) is 0 Å². The third kappa shape index (κ3) is 33.7. The molecule has 2 saturated carbocycles. The van der Waals surface area contributed by atoms with Crippen molar-refractivity contribution in [2.45, 2.75) is 178 Å². The maximum Gasteiger partial charge on any atom is 0.384 e. The average molecular weight is 2180 g/mol. The molecule has 0 heterocycles. The van der Waals surface area contributed by atoms with Gasteiger partial charge in [0, 0.05) is 34.9 Å². The molecule has 0 aromatic rings. The van der Waals surface area contributed by atoms with Gasteiger partial charge in [-0.25, -0.2) is 85.5 Å². The second-order valence-electron chi connectivity index (χ2n) is 26.5. The first-order chi connectivity index (χ1) is 64.1. The van der Waals surface area contributed by atoms with Gasteiger partial charge in [0.05, 0.1) is 53.1 Å². The molecule has 0 radical (unpaired) electrons. The Hall–Kier alpha value is -12.7. The van der Waals surface area contributed by atoms with Crippen molar-refractivity contribution < 1.29 is 319 Å². The predicted molar refractivity (Wildman–Crippen MR) is 379 cm³/mol. The standard InChI is InChI=1S/C13H9F11O4.C13H16F4O6.C12H7F11O4.2C12H14F4O6.C11H12F4O6/c1-5(2)6(25)27-3-4-28-7(26)8(14)9(15,16)11(19,20)13(23,24)12(21,22)10(8,17)18;1-4-21-10(19)12(14,15)7-13(16,17)11(20)23-6-5-22-9(18)8(2)3;1-2-5(24)26-3-4-27-6(25)7(13)8(14,15)10(18,19)12(22,23)11(20,21)9(7,16)17;1-7(2)8(17)21-4-5-22-10(19)12(15,16)6-11(13,14)9(18)20-3;1-3-8(17)21-5-6-22-10(19)12(15,16)7-11(13,14)9(18)20-4-2;1-3-7(16)20-4-5-21-9(18)11(14,15)6-10(12,13)8(17)19-2/h1,3-4H2,2H3;2,4-7H2,1,3H3;2H,1,3-4H2;1,4-6H2,2-3H3;3H,1,4-7H2,2H3;3H,1,4-6H2,2H3. The highest BCUT2D eigenvalue weighted by Crippen LogP contribution is 2.71. The van der Waals surface area contributed by atoms with Crippen LogP contribution in [0.25, 0.3) is 0 Å². The number of rotatable bonds is 44. The van der Waals surface area contributed by atoms with Crippen LogP contribution in [0.2, 0.25) is 0 Å². The summed E-state index contributed by atoms with van der Waals surface area (Å²) in [7, 11) is 1.17. The first kappa shape index (κ1) is 137. The van der Waals surface area contributed by atoms with Crippen LogP contribution in [-0.4, -0.2) is 320 Å². The largest absolute Gasteiger partial charge is 0.465 e. The van der Waals surface area contributed by atoms with Gasteiger partial charge in [-0.1, -0.05) is 39.5 Å². The van der Waals surface area contributed by atoms with Crippen LogP contribution < -0.4 is 0 Å². The van der Waals surface area contributed by atoms with E-state index in [1.165, 1.54) is 27.7 Å². The molecule has 0 N–H and O–H groups in total. The lowest BCUT2D eigenvalue weighted by atomic mass is 9.72. The molecule has 2 rings (SSSR count). The van der Waals surface area contributed by atoms with E-state index in [4.69, 9.17) is 0 Å². The molecule has 0 aromatic carbocycles. The molecule has 0 saturated heterocycles. The van der Waals surface area contributed by atoms with Crippen molar-refractivity contribution in [2.75, 3.05) is 107 Å². The summed E-state index contributed by atoms with van der Waals surface area (Å²) >= 11 is 0. The summed E-state index contributed by atoms with van der Waals surface area (Å²) in [4.78, 5) is 174. The van der Waals surface area contributed by atoms with Gasteiger partial charge in [0.1, 0.15) is 79.3 Å². The van der Waals surface area contributed by atoms with Gasteiger partial charge in [-0.2, -0.15) is 158 Å². The quantitative estimate of drug-likeness (QED) is 0.0180. The van der Waals surface area contributed by atoms with Crippen molar-refractivity contribution in [1.29, 1.82) is 0 Å². The Morgan fingerprint density at radius 3 is 0.517 bits per heavy atom. The Kier molecular flexibility index (Phi) is 50.2. The van der Waals surface area contributed by atoms with Crippen LogP contribution in [0.5, 0.6) is 0 Å². The molecule has 0 aliphatic heterocycles. The molecule has 2 aliphatic rings. The van der Waals surface area contributed by atoms with Crippen molar-refractivity contribution in [3.8, 4) is 0 Å². The van der Waals surface area contributed by atoms with Crippen molar-refractivity contribution in [2.24, 2.45) is 0 Å². The first-order valence-corrected chi connectivity index (χ1v) is 36.7. The summed E-state index contributed by atoms with van der Waals surface area (Å²) in [5.41, 5.74) is -13.9. The maximum absolute atomic E-state index is 14.2. The first-order valence-electron chi connectivity index (χ1n) is 36.7. The lowest BCUT2D eigenvalue weighted by Crippen LogP contribution is -2.85. The van der Waals surface area contributed by atoms with E-state index in [0.29, 0.717) is 20.3 Å². The summed E-state index contributed by atoms with van der Waals surface area (Å²) in [6, 6.07) is 0. The zero-order chi connectivity index (χ0) is 114. The Morgan fingerprint density at radius 2 is 0.364 bits per heavy atom. The van der Waals surface area contributed by atoms with Gasteiger partial charge in [-0.05, 0) is 34.6 Å². The predicted octanol–water partition coefficient (Wildman–Crippen LogP) is 12.6. The summed E-state index contributed by atoms with van der Waals surface area (Å²) in [6.45, 7) is 13.2.